The molecule has 2 saturated carbocycles. The van der Waals surface area contributed by atoms with Crippen molar-refractivity contribution in [1.82, 2.24) is 0 Å². The lowest BCUT2D eigenvalue weighted by molar-refractivity contribution is -0.140. The largest absolute Gasteiger partial charge is 0.547 e. The second-order valence-electron chi connectivity index (χ2n) is 11.6. The number of methoxy groups -OCH3 is 1. The van der Waals surface area contributed by atoms with Gasteiger partial charge in [0.1, 0.15) is 5.75 Å². The number of carbonyl (C=O) groups is 2. The summed E-state index contributed by atoms with van der Waals surface area (Å²) in [4.78, 5) is 24.6. The van der Waals surface area contributed by atoms with Gasteiger partial charge in [-0.05, 0) is 79.9 Å². The summed E-state index contributed by atoms with van der Waals surface area (Å²) in [5.41, 5.74) is 0.943. The van der Waals surface area contributed by atoms with E-state index in [0.717, 1.165) is 49.2 Å². The lowest BCUT2D eigenvalue weighted by Gasteiger charge is -2.39. The van der Waals surface area contributed by atoms with E-state index in [1.807, 2.05) is 30.3 Å². The van der Waals surface area contributed by atoms with Crippen molar-refractivity contribution in [2.45, 2.75) is 83.8 Å². The third kappa shape index (κ3) is 7.12. The van der Waals surface area contributed by atoms with Crippen molar-refractivity contribution < 1.29 is 23.5 Å². The third-order valence-electron chi connectivity index (χ3n) is 8.15. The van der Waals surface area contributed by atoms with Crippen molar-refractivity contribution in [3.05, 3.63) is 53.8 Å². The van der Waals surface area contributed by atoms with Crippen LogP contribution >= 0.6 is 0 Å². The number of ketones is 1. The molecule has 0 bridgehead atoms. The third-order valence-corrected chi connectivity index (χ3v) is 12.5. The number of carbonyl (C=O) groups excluding carboxylic acids is 2. The van der Waals surface area contributed by atoms with Gasteiger partial charge in [-0.1, -0.05) is 45.0 Å². The number of hydrogen-bond acceptors (Lipinski definition) is 5. The Morgan fingerprint density at radius 2 is 1.83 bits per heavy atom. The van der Waals surface area contributed by atoms with Gasteiger partial charge in [0.25, 0.3) is 0 Å². The van der Waals surface area contributed by atoms with Gasteiger partial charge in [0, 0.05) is 24.7 Å². The number of allylic oxidation sites excluding steroid dienone is 3. The van der Waals surface area contributed by atoms with E-state index in [9.17, 15) is 9.59 Å². The Hall–Kier alpha value is -2.34. The van der Waals surface area contributed by atoms with Crippen molar-refractivity contribution in [3.8, 4) is 5.75 Å². The molecule has 6 heteroatoms. The van der Waals surface area contributed by atoms with Gasteiger partial charge >= 0.3 is 5.97 Å². The quantitative estimate of drug-likeness (QED) is 0.103. The SMILES string of the molecule is COC(=O)CCC/C=C1\CC2C(CC[C@@H]2/C(=C\CCOc2ccccc2)O[Si](C)(C)C(C)(C)C)C1=O. The monoisotopic (exact) mass is 512 g/mol. The van der Waals surface area contributed by atoms with Gasteiger partial charge in [-0.3, -0.25) is 9.59 Å². The summed E-state index contributed by atoms with van der Waals surface area (Å²) in [6.07, 6.45) is 9.64. The molecule has 0 N–H and O–H groups in total. The zero-order chi connectivity index (χ0) is 26.3. The topological polar surface area (TPSA) is 61.8 Å². The minimum Gasteiger partial charge on any atom is -0.547 e. The van der Waals surface area contributed by atoms with Crippen LogP contribution in [0.5, 0.6) is 5.75 Å². The maximum Gasteiger partial charge on any atom is 0.305 e. The smallest absolute Gasteiger partial charge is 0.305 e. The number of Topliss-reactive ketones (excluding diaryl/α,β-unsaturated/α-hetero) is 1. The molecule has 3 rings (SSSR count). The number of para-hydroxylation sites is 1. The maximum absolute atomic E-state index is 13.2. The second kappa shape index (κ2) is 12.3. The molecule has 2 fully saturated rings. The van der Waals surface area contributed by atoms with E-state index in [4.69, 9.17) is 13.9 Å². The highest BCUT2D eigenvalue weighted by molar-refractivity contribution is 6.74. The van der Waals surface area contributed by atoms with Gasteiger partial charge in [-0.15, -0.1) is 0 Å². The van der Waals surface area contributed by atoms with Crippen molar-refractivity contribution in [3.63, 3.8) is 0 Å². The number of rotatable bonds is 11. The number of benzene rings is 1. The fourth-order valence-corrected chi connectivity index (χ4v) is 6.17. The molecule has 2 unspecified atom stereocenters. The lowest BCUT2D eigenvalue weighted by Crippen LogP contribution is -2.41. The average Bonchev–Trinajstić information content (AvgIpc) is 3.38. The lowest BCUT2D eigenvalue weighted by atomic mass is 9.90. The van der Waals surface area contributed by atoms with Crippen molar-refractivity contribution in [2.24, 2.45) is 17.8 Å². The zero-order valence-electron chi connectivity index (χ0n) is 23.0. The molecule has 0 amide bonds. The van der Waals surface area contributed by atoms with Crippen molar-refractivity contribution in [1.29, 1.82) is 0 Å². The van der Waals surface area contributed by atoms with E-state index in [-0.39, 0.29) is 22.8 Å². The fourth-order valence-electron chi connectivity index (χ4n) is 5.04. The Balaban J connectivity index is 1.71. The molecule has 0 spiro atoms. The Kier molecular flexibility index (Phi) is 9.62. The maximum atomic E-state index is 13.2. The first-order valence-corrected chi connectivity index (χ1v) is 16.3. The number of esters is 1. The summed E-state index contributed by atoms with van der Waals surface area (Å²) < 4.78 is 17.6. The molecule has 3 atom stereocenters. The van der Waals surface area contributed by atoms with Gasteiger partial charge in [0.15, 0.2) is 5.78 Å². The Morgan fingerprint density at radius 3 is 2.50 bits per heavy atom. The predicted molar refractivity (Wildman–Crippen MR) is 146 cm³/mol. The van der Waals surface area contributed by atoms with Gasteiger partial charge in [-0.2, -0.15) is 0 Å². The second-order valence-corrected chi connectivity index (χ2v) is 16.4. The summed E-state index contributed by atoms with van der Waals surface area (Å²) in [5, 5.41) is 0.0980. The molecular weight excluding hydrogens is 468 g/mol. The summed E-state index contributed by atoms with van der Waals surface area (Å²) in [6, 6.07) is 9.89. The van der Waals surface area contributed by atoms with Gasteiger partial charge in [0.05, 0.1) is 19.5 Å². The molecule has 0 heterocycles. The molecule has 0 saturated heterocycles. The fraction of sp³-hybridized carbons (Fsp3) is 0.600. The van der Waals surface area contributed by atoms with E-state index in [0.29, 0.717) is 31.1 Å². The van der Waals surface area contributed by atoms with E-state index >= 15 is 0 Å². The standard InChI is InChI=1S/C30H44O5Si/c1-30(2,3)36(5,6)35-27(16-12-20-34-23-14-8-7-9-15-23)24-18-19-25-26(24)21-22(29(25)32)13-10-11-17-28(31)33-4/h7-9,13-16,24-26H,10-12,17-21H2,1-6H3/b22-13+,27-16+/t24-,25?,26?/m0/s1. The Morgan fingerprint density at radius 1 is 1.11 bits per heavy atom. The number of fused-ring (bicyclic) bond motifs is 1. The number of unbranched alkanes of at least 4 members (excludes halogenated alkanes) is 1. The minimum atomic E-state index is -2.03. The molecule has 0 radical (unpaired) electrons. The minimum absolute atomic E-state index is 0.0915. The highest BCUT2D eigenvalue weighted by Gasteiger charge is 2.49. The van der Waals surface area contributed by atoms with Crippen LogP contribution in [0.1, 0.15) is 65.7 Å². The highest BCUT2D eigenvalue weighted by Crippen LogP contribution is 2.52. The average molecular weight is 513 g/mol. The van der Waals surface area contributed by atoms with Crippen LogP contribution in [0.15, 0.2) is 53.8 Å². The van der Waals surface area contributed by atoms with Crippen molar-refractivity contribution in [2.75, 3.05) is 13.7 Å². The molecule has 1 aromatic rings. The number of ether oxygens (including phenoxy) is 2. The van der Waals surface area contributed by atoms with Crippen LogP contribution in [-0.4, -0.2) is 33.8 Å². The van der Waals surface area contributed by atoms with Gasteiger partial charge in [-0.25, -0.2) is 0 Å². The summed E-state index contributed by atoms with van der Waals surface area (Å²) in [7, 11) is -0.620. The number of hydrogen-bond donors (Lipinski definition) is 0. The molecule has 1 aromatic carbocycles. The Labute approximate surface area is 218 Å². The molecule has 2 aliphatic carbocycles. The first kappa shape index (κ1) is 28.2. The van der Waals surface area contributed by atoms with Crippen LogP contribution < -0.4 is 4.74 Å². The zero-order valence-corrected chi connectivity index (χ0v) is 24.0. The van der Waals surface area contributed by atoms with Crippen LogP contribution in [0.2, 0.25) is 18.1 Å². The van der Waals surface area contributed by atoms with Crippen LogP contribution in [0.3, 0.4) is 0 Å². The van der Waals surface area contributed by atoms with E-state index in [1.54, 1.807) is 0 Å². The highest BCUT2D eigenvalue weighted by atomic mass is 28.4. The molecule has 0 aliphatic heterocycles. The summed E-state index contributed by atoms with van der Waals surface area (Å²) >= 11 is 0. The molecule has 36 heavy (non-hydrogen) atoms. The molecular formula is C30H44O5Si. The summed E-state index contributed by atoms with van der Waals surface area (Å²) in [6.45, 7) is 12.0. The van der Waals surface area contributed by atoms with Crippen LogP contribution in [0.4, 0.5) is 0 Å². The summed E-state index contributed by atoms with van der Waals surface area (Å²) in [5.74, 6) is 2.72. The van der Waals surface area contributed by atoms with E-state index < -0.39 is 8.32 Å². The van der Waals surface area contributed by atoms with Crippen LogP contribution in [-0.2, 0) is 18.8 Å². The molecule has 5 nitrogen and oxygen atoms in total. The van der Waals surface area contributed by atoms with Crippen LogP contribution in [0, 0.1) is 17.8 Å². The molecule has 198 valence electrons. The van der Waals surface area contributed by atoms with Gasteiger partial charge in [0.2, 0.25) is 8.32 Å². The predicted octanol–water partition coefficient (Wildman–Crippen LogP) is 7.25. The molecule has 2 aliphatic rings. The molecule has 0 aromatic heterocycles. The van der Waals surface area contributed by atoms with E-state index in [2.05, 4.69) is 46.0 Å². The Bertz CT molecular complexity index is 957. The normalized spacial score (nSPS) is 23.6. The van der Waals surface area contributed by atoms with Crippen molar-refractivity contribution >= 4 is 20.1 Å². The van der Waals surface area contributed by atoms with E-state index in [1.165, 1.54) is 7.11 Å². The van der Waals surface area contributed by atoms with Crippen LogP contribution in [0.25, 0.3) is 0 Å². The van der Waals surface area contributed by atoms with Gasteiger partial charge < -0.3 is 13.9 Å². The first-order valence-electron chi connectivity index (χ1n) is 13.4. The first-order chi connectivity index (χ1) is 17.0.